The Morgan fingerprint density at radius 2 is 1.71 bits per heavy atom. The summed E-state index contributed by atoms with van der Waals surface area (Å²) in [6, 6.07) is 16.4. The Balaban J connectivity index is 1.62. The van der Waals surface area contributed by atoms with Gasteiger partial charge in [0.25, 0.3) is 0 Å². The van der Waals surface area contributed by atoms with Gasteiger partial charge in [-0.05, 0) is 41.8 Å². The van der Waals surface area contributed by atoms with Crippen molar-refractivity contribution < 1.29 is 19.0 Å². The summed E-state index contributed by atoms with van der Waals surface area (Å²) in [6.07, 6.45) is 2.49. The van der Waals surface area contributed by atoms with Crippen molar-refractivity contribution in [1.29, 1.82) is 0 Å². The second kappa shape index (κ2) is 9.38. The van der Waals surface area contributed by atoms with Gasteiger partial charge in [-0.1, -0.05) is 42.1 Å². The van der Waals surface area contributed by atoms with E-state index in [-0.39, 0.29) is 11.7 Å². The van der Waals surface area contributed by atoms with E-state index in [1.165, 1.54) is 42.7 Å². The molecule has 0 radical (unpaired) electrons. The van der Waals surface area contributed by atoms with Gasteiger partial charge in [0.2, 0.25) is 0 Å². The molecular formula is C26H25N3O4S. The van der Waals surface area contributed by atoms with Crippen LogP contribution in [-0.2, 0) is 9.53 Å². The Bertz CT molecular complexity index is 1390. The highest BCUT2D eigenvalue weighted by atomic mass is 32.2. The average molecular weight is 476 g/mol. The maximum absolute atomic E-state index is 11.7. The summed E-state index contributed by atoms with van der Waals surface area (Å²) in [7, 11) is 4.55. The fourth-order valence-corrected chi connectivity index (χ4v) is 4.77. The molecule has 174 valence electrons. The molecule has 0 spiro atoms. The lowest BCUT2D eigenvalue weighted by atomic mass is 9.99. The highest BCUT2D eigenvalue weighted by molar-refractivity contribution is 7.99. The molecule has 1 heterocycles. The number of benzene rings is 3. The van der Waals surface area contributed by atoms with Crippen LogP contribution in [0.25, 0.3) is 21.7 Å². The van der Waals surface area contributed by atoms with Gasteiger partial charge in [0.15, 0.2) is 16.7 Å². The molecule has 8 heteroatoms. The molecule has 3 aromatic carbocycles. The van der Waals surface area contributed by atoms with Gasteiger partial charge in [0.05, 0.1) is 32.6 Å². The maximum Gasteiger partial charge on any atom is 0.316 e. The van der Waals surface area contributed by atoms with Gasteiger partial charge >= 0.3 is 5.97 Å². The van der Waals surface area contributed by atoms with E-state index in [1.807, 2.05) is 18.2 Å². The quantitative estimate of drug-likeness (QED) is 0.198. The van der Waals surface area contributed by atoms with Crippen molar-refractivity contribution in [2.75, 3.05) is 32.4 Å². The number of carbonyl (C=O) groups excluding carboxylic acids is 1. The Hall–Kier alpha value is -3.52. The number of hydrogen-bond donors (Lipinski definition) is 1. The van der Waals surface area contributed by atoms with Gasteiger partial charge < -0.3 is 19.5 Å². The van der Waals surface area contributed by atoms with Crippen LogP contribution in [0.5, 0.6) is 11.5 Å². The third-order valence-electron chi connectivity index (χ3n) is 5.96. The molecule has 1 saturated carbocycles. The van der Waals surface area contributed by atoms with Crippen LogP contribution in [0.1, 0.15) is 24.3 Å². The number of methoxy groups -OCH3 is 3. The number of esters is 1. The van der Waals surface area contributed by atoms with E-state index < -0.39 is 0 Å². The molecule has 7 nitrogen and oxygen atoms in total. The first-order valence-electron chi connectivity index (χ1n) is 11.0. The van der Waals surface area contributed by atoms with E-state index in [0.717, 1.165) is 16.5 Å². The predicted molar refractivity (Wildman–Crippen MR) is 135 cm³/mol. The molecule has 0 amide bonds. The summed E-state index contributed by atoms with van der Waals surface area (Å²) in [4.78, 5) is 21.1. The second-order valence-corrected chi connectivity index (χ2v) is 9.03. The molecular weight excluding hydrogens is 450 g/mol. The van der Waals surface area contributed by atoms with E-state index in [1.54, 1.807) is 14.2 Å². The summed E-state index contributed by atoms with van der Waals surface area (Å²) >= 11 is 1.23. The Morgan fingerprint density at radius 1 is 0.971 bits per heavy atom. The number of nitrogens with one attached hydrogen (secondary N) is 1. The van der Waals surface area contributed by atoms with E-state index in [2.05, 4.69) is 40.6 Å². The zero-order chi connectivity index (χ0) is 23.7. The first-order valence-corrected chi connectivity index (χ1v) is 12.0. The summed E-state index contributed by atoms with van der Waals surface area (Å²) in [5.41, 5.74) is 3.04. The first kappa shape index (κ1) is 22.3. The van der Waals surface area contributed by atoms with Gasteiger partial charge in [-0.3, -0.25) is 4.79 Å². The molecule has 0 saturated heterocycles. The second-order valence-electron chi connectivity index (χ2n) is 8.09. The standard InChI is InChI=1S/C26H25N3O4S/c1-31-22-12-19-21(13-23(22)32-2)28-26(34-14-24(30)33-3)29-25(19)27-20-11-10-16(15-8-9-15)17-6-4-5-7-18(17)20/h4-7,10-13,15H,8-9,14H2,1-3H3,(H,27,28,29). The Morgan fingerprint density at radius 3 is 2.41 bits per heavy atom. The van der Waals surface area contributed by atoms with Gasteiger partial charge in [0.1, 0.15) is 5.82 Å². The number of hydrogen-bond acceptors (Lipinski definition) is 8. The van der Waals surface area contributed by atoms with Gasteiger partial charge in [-0.15, -0.1) is 0 Å². The largest absolute Gasteiger partial charge is 0.493 e. The molecule has 0 unspecified atom stereocenters. The molecule has 1 fully saturated rings. The van der Waals surface area contributed by atoms with Crippen LogP contribution < -0.4 is 14.8 Å². The number of fused-ring (bicyclic) bond motifs is 2. The minimum absolute atomic E-state index is 0.119. The first-order chi connectivity index (χ1) is 16.6. The summed E-state index contributed by atoms with van der Waals surface area (Å²) in [6.45, 7) is 0. The van der Waals surface area contributed by atoms with Gasteiger partial charge in [-0.2, -0.15) is 0 Å². The van der Waals surface area contributed by atoms with Gasteiger partial charge in [0, 0.05) is 22.5 Å². The third kappa shape index (κ3) is 4.33. The average Bonchev–Trinajstić information content (AvgIpc) is 3.72. The van der Waals surface area contributed by atoms with Crippen LogP contribution in [0, 0.1) is 0 Å². The molecule has 1 aliphatic rings. The molecule has 1 aliphatic carbocycles. The molecule has 4 aromatic rings. The third-order valence-corrected chi connectivity index (χ3v) is 6.78. The monoisotopic (exact) mass is 475 g/mol. The smallest absolute Gasteiger partial charge is 0.316 e. The molecule has 1 N–H and O–H groups in total. The number of rotatable bonds is 8. The van der Waals surface area contributed by atoms with E-state index >= 15 is 0 Å². The molecule has 0 aliphatic heterocycles. The van der Waals surface area contributed by atoms with Crippen LogP contribution >= 0.6 is 11.8 Å². The summed E-state index contributed by atoms with van der Waals surface area (Å²) in [5.74, 6) is 2.22. The van der Waals surface area contributed by atoms with Crippen LogP contribution in [0.2, 0.25) is 0 Å². The fraction of sp³-hybridized carbons (Fsp3) is 0.269. The Labute approximate surface area is 201 Å². The van der Waals surface area contributed by atoms with Crippen molar-refractivity contribution in [2.45, 2.75) is 23.9 Å². The molecule has 5 rings (SSSR count). The van der Waals surface area contributed by atoms with Crippen molar-refractivity contribution in [3.05, 3.63) is 54.1 Å². The number of anilines is 2. The lowest BCUT2D eigenvalue weighted by Gasteiger charge is -2.16. The van der Waals surface area contributed by atoms with Gasteiger partial charge in [-0.25, -0.2) is 9.97 Å². The fourth-order valence-electron chi connectivity index (χ4n) is 4.09. The molecule has 1 aromatic heterocycles. The van der Waals surface area contributed by atoms with E-state index in [0.29, 0.717) is 33.9 Å². The predicted octanol–water partition coefficient (Wildman–Crippen LogP) is 5.69. The number of nitrogens with zero attached hydrogens (tertiary/aromatic N) is 2. The minimum Gasteiger partial charge on any atom is -0.493 e. The zero-order valence-electron chi connectivity index (χ0n) is 19.3. The maximum atomic E-state index is 11.7. The van der Waals surface area contributed by atoms with Crippen LogP contribution in [0.3, 0.4) is 0 Å². The topological polar surface area (TPSA) is 82.6 Å². The van der Waals surface area contributed by atoms with Crippen LogP contribution in [-0.4, -0.2) is 43.0 Å². The van der Waals surface area contributed by atoms with Crippen LogP contribution in [0.4, 0.5) is 11.5 Å². The normalized spacial score (nSPS) is 13.1. The highest BCUT2D eigenvalue weighted by Crippen LogP contribution is 2.45. The molecule has 0 atom stereocenters. The highest BCUT2D eigenvalue weighted by Gasteiger charge is 2.25. The van der Waals surface area contributed by atoms with Crippen molar-refractivity contribution in [2.24, 2.45) is 0 Å². The number of ether oxygens (including phenoxy) is 3. The minimum atomic E-state index is -0.336. The zero-order valence-corrected chi connectivity index (χ0v) is 20.1. The number of carbonyl (C=O) groups is 1. The number of aromatic nitrogens is 2. The summed E-state index contributed by atoms with van der Waals surface area (Å²) in [5, 5.41) is 7.18. The van der Waals surface area contributed by atoms with Crippen molar-refractivity contribution in [3.63, 3.8) is 0 Å². The lowest BCUT2D eigenvalue weighted by Crippen LogP contribution is -2.05. The van der Waals surface area contributed by atoms with Crippen molar-refractivity contribution in [1.82, 2.24) is 9.97 Å². The SMILES string of the molecule is COC(=O)CSc1nc(Nc2ccc(C3CC3)c3ccccc23)c2cc(OC)c(OC)cc2n1. The molecule has 34 heavy (non-hydrogen) atoms. The van der Waals surface area contributed by atoms with Crippen LogP contribution in [0.15, 0.2) is 53.7 Å². The Kier molecular flexibility index (Phi) is 6.15. The van der Waals surface area contributed by atoms with E-state index in [9.17, 15) is 4.79 Å². The van der Waals surface area contributed by atoms with Crippen molar-refractivity contribution in [3.8, 4) is 11.5 Å². The van der Waals surface area contributed by atoms with E-state index in [4.69, 9.17) is 19.2 Å². The number of thioether (sulfide) groups is 1. The lowest BCUT2D eigenvalue weighted by molar-refractivity contribution is -0.137. The summed E-state index contributed by atoms with van der Waals surface area (Å²) < 4.78 is 15.8. The molecule has 0 bridgehead atoms. The van der Waals surface area contributed by atoms with Crippen molar-refractivity contribution >= 4 is 50.9 Å².